The van der Waals surface area contributed by atoms with E-state index < -0.39 is 34.2 Å². The number of hydrogen-bond donors (Lipinski definition) is 2. The number of rotatable bonds is 5. The summed E-state index contributed by atoms with van der Waals surface area (Å²) >= 11 is 0. The molecule has 0 spiro atoms. The van der Waals surface area contributed by atoms with Gasteiger partial charge in [-0.05, 0) is 24.3 Å². The molecule has 136 valence electrons. The van der Waals surface area contributed by atoms with Crippen LogP contribution in [0.5, 0.6) is 0 Å². The summed E-state index contributed by atoms with van der Waals surface area (Å²) in [7, 11) is -3.63. The van der Waals surface area contributed by atoms with Gasteiger partial charge in [0.25, 0.3) is 11.8 Å². The van der Waals surface area contributed by atoms with Gasteiger partial charge in [0.1, 0.15) is 0 Å². The van der Waals surface area contributed by atoms with Crippen molar-refractivity contribution in [2.45, 2.75) is 4.90 Å². The van der Waals surface area contributed by atoms with E-state index in [0.717, 1.165) is 6.26 Å². The van der Waals surface area contributed by atoms with Crippen LogP contribution in [0.1, 0.15) is 20.7 Å². The molecule has 0 atom stereocenters. The highest BCUT2D eigenvalue weighted by Crippen LogP contribution is 2.16. The quantitative estimate of drug-likeness (QED) is 0.586. The van der Waals surface area contributed by atoms with Gasteiger partial charge in [-0.25, -0.2) is 13.2 Å². The summed E-state index contributed by atoms with van der Waals surface area (Å²) in [5.41, 5.74) is 4.44. The largest absolute Gasteiger partial charge is 0.452 e. The Kier molecular flexibility index (Phi) is 6.07. The molecule has 2 aromatic rings. The first-order valence-electron chi connectivity index (χ1n) is 7.39. The molecule has 26 heavy (non-hydrogen) atoms. The molecule has 2 amide bonds. The number of ether oxygens (including phenoxy) is 1. The Morgan fingerprint density at radius 1 is 0.923 bits per heavy atom. The van der Waals surface area contributed by atoms with Gasteiger partial charge in [0.05, 0.1) is 10.5 Å². The topological polar surface area (TPSA) is 119 Å². The molecule has 0 bridgehead atoms. The number of hydrogen-bond acceptors (Lipinski definition) is 6. The second-order valence-electron chi connectivity index (χ2n) is 5.21. The number of sulfone groups is 1. The van der Waals surface area contributed by atoms with Crippen LogP contribution in [0.25, 0.3) is 0 Å². The lowest BCUT2D eigenvalue weighted by molar-refractivity contribution is -0.125. The molecule has 2 rings (SSSR count). The third-order valence-corrected chi connectivity index (χ3v) is 4.35. The number of carbonyl (C=O) groups is 3. The Morgan fingerprint density at radius 3 is 2.19 bits per heavy atom. The lowest BCUT2D eigenvalue weighted by Gasteiger charge is -2.09. The highest BCUT2D eigenvalue weighted by molar-refractivity contribution is 7.90. The maximum Gasteiger partial charge on any atom is 0.339 e. The fourth-order valence-corrected chi connectivity index (χ4v) is 2.87. The van der Waals surface area contributed by atoms with Gasteiger partial charge in [-0.2, -0.15) is 0 Å². The molecular weight excluding hydrogens is 360 g/mol. The van der Waals surface area contributed by atoms with Crippen molar-refractivity contribution in [3.63, 3.8) is 0 Å². The van der Waals surface area contributed by atoms with Gasteiger partial charge in [0, 0.05) is 11.8 Å². The van der Waals surface area contributed by atoms with Crippen molar-refractivity contribution < 1.29 is 27.5 Å². The van der Waals surface area contributed by atoms with E-state index in [1.807, 2.05) is 0 Å². The van der Waals surface area contributed by atoms with Gasteiger partial charge in [-0.1, -0.05) is 30.3 Å². The molecule has 0 heterocycles. The van der Waals surface area contributed by atoms with Gasteiger partial charge in [0.2, 0.25) is 0 Å². The fourth-order valence-electron chi connectivity index (χ4n) is 1.99. The summed E-state index contributed by atoms with van der Waals surface area (Å²) in [6, 6.07) is 13.7. The van der Waals surface area contributed by atoms with Crippen molar-refractivity contribution in [1.82, 2.24) is 10.9 Å². The number of amides is 2. The predicted molar refractivity (Wildman–Crippen MR) is 91.9 cm³/mol. The number of nitrogens with one attached hydrogen (secondary N) is 2. The summed E-state index contributed by atoms with van der Waals surface area (Å²) in [4.78, 5) is 35.3. The van der Waals surface area contributed by atoms with Gasteiger partial charge in [0.15, 0.2) is 16.4 Å². The van der Waals surface area contributed by atoms with E-state index in [1.54, 1.807) is 30.3 Å². The molecule has 0 aliphatic rings. The zero-order valence-corrected chi connectivity index (χ0v) is 14.6. The molecule has 0 aliphatic heterocycles. The molecule has 8 nitrogen and oxygen atoms in total. The summed E-state index contributed by atoms with van der Waals surface area (Å²) < 4.78 is 28.1. The molecule has 0 saturated carbocycles. The van der Waals surface area contributed by atoms with Crippen molar-refractivity contribution in [2.24, 2.45) is 0 Å². The molecule has 0 aromatic heterocycles. The smallest absolute Gasteiger partial charge is 0.339 e. The van der Waals surface area contributed by atoms with E-state index in [1.165, 1.54) is 24.3 Å². The molecule has 0 saturated heterocycles. The monoisotopic (exact) mass is 376 g/mol. The summed E-state index contributed by atoms with van der Waals surface area (Å²) in [6.07, 6.45) is 0.963. The van der Waals surface area contributed by atoms with Crippen molar-refractivity contribution in [3.8, 4) is 0 Å². The maximum atomic E-state index is 12.0. The van der Waals surface area contributed by atoms with E-state index in [4.69, 9.17) is 4.74 Å². The van der Waals surface area contributed by atoms with E-state index in [2.05, 4.69) is 10.9 Å². The average Bonchev–Trinajstić information content (AvgIpc) is 2.64. The van der Waals surface area contributed by atoms with Crippen molar-refractivity contribution >= 4 is 27.6 Å². The predicted octanol–water partition coefficient (Wildman–Crippen LogP) is 0.708. The summed E-state index contributed by atoms with van der Waals surface area (Å²) in [5.74, 6) is -2.28. The SMILES string of the molecule is CS(=O)(=O)c1ccccc1C(=O)OCC(=O)NNC(=O)c1ccccc1. The van der Waals surface area contributed by atoms with Crippen LogP contribution < -0.4 is 10.9 Å². The first-order chi connectivity index (χ1) is 12.3. The van der Waals surface area contributed by atoms with Crippen molar-refractivity contribution in [3.05, 3.63) is 65.7 Å². The Labute approximate surface area is 150 Å². The highest BCUT2D eigenvalue weighted by Gasteiger charge is 2.20. The molecule has 0 fully saturated rings. The number of hydrazine groups is 1. The van der Waals surface area contributed by atoms with Crippen molar-refractivity contribution in [2.75, 3.05) is 12.9 Å². The van der Waals surface area contributed by atoms with Crippen molar-refractivity contribution in [1.29, 1.82) is 0 Å². The average molecular weight is 376 g/mol. The number of benzene rings is 2. The number of carbonyl (C=O) groups excluding carboxylic acids is 3. The molecule has 9 heteroatoms. The normalized spacial score (nSPS) is 10.7. The maximum absolute atomic E-state index is 12.0. The third kappa shape index (κ3) is 5.15. The lowest BCUT2D eigenvalue weighted by Crippen LogP contribution is -2.43. The van der Waals surface area contributed by atoms with Crippen LogP contribution in [0.2, 0.25) is 0 Å². The van der Waals surface area contributed by atoms with E-state index in [0.29, 0.717) is 5.56 Å². The summed E-state index contributed by atoms with van der Waals surface area (Å²) in [6.45, 7) is -0.688. The van der Waals surface area contributed by atoms with E-state index in [-0.39, 0.29) is 10.5 Å². The second-order valence-corrected chi connectivity index (χ2v) is 7.20. The lowest BCUT2D eigenvalue weighted by atomic mass is 10.2. The van der Waals surface area contributed by atoms with Crippen LogP contribution in [-0.2, 0) is 19.4 Å². The van der Waals surface area contributed by atoms with Crippen LogP contribution in [-0.4, -0.2) is 39.1 Å². The minimum atomic E-state index is -3.63. The Hall–Kier alpha value is -3.20. The fraction of sp³-hybridized carbons (Fsp3) is 0.118. The number of esters is 1. The van der Waals surface area contributed by atoms with Gasteiger partial charge in [-0.15, -0.1) is 0 Å². The van der Waals surface area contributed by atoms with E-state index >= 15 is 0 Å². The second kappa shape index (κ2) is 8.26. The first-order valence-corrected chi connectivity index (χ1v) is 9.28. The van der Waals surface area contributed by atoms with Gasteiger partial charge >= 0.3 is 5.97 Å². The van der Waals surface area contributed by atoms with Crippen LogP contribution in [0.15, 0.2) is 59.5 Å². The zero-order chi connectivity index (χ0) is 19.2. The highest BCUT2D eigenvalue weighted by atomic mass is 32.2. The molecule has 0 unspecified atom stereocenters. The molecule has 2 N–H and O–H groups in total. The minimum Gasteiger partial charge on any atom is -0.452 e. The third-order valence-electron chi connectivity index (χ3n) is 3.19. The summed E-state index contributed by atoms with van der Waals surface area (Å²) in [5, 5.41) is 0. The minimum absolute atomic E-state index is 0.170. The van der Waals surface area contributed by atoms with Crippen LogP contribution in [0.4, 0.5) is 0 Å². The van der Waals surface area contributed by atoms with Gasteiger partial charge in [-0.3, -0.25) is 20.4 Å². The molecule has 2 aromatic carbocycles. The molecular formula is C17H16N2O6S. The Balaban J connectivity index is 1.90. The van der Waals surface area contributed by atoms with E-state index in [9.17, 15) is 22.8 Å². The van der Waals surface area contributed by atoms with Gasteiger partial charge < -0.3 is 4.74 Å². The molecule has 0 radical (unpaired) electrons. The standard InChI is InChI=1S/C17H16N2O6S/c1-26(23,24)14-10-6-5-9-13(14)17(22)25-11-15(20)18-19-16(21)12-7-3-2-4-8-12/h2-10H,11H2,1H3,(H,18,20)(H,19,21). The Morgan fingerprint density at radius 2 is 1.54 bits per heavy atom. The molecule has 0 aliphatic carbocycles. The Bertz CT molecular complexity index is 925. The van der Waals surface area contributed by atoms with Crippen LogP contribution in [0, 0.1) is 0 Å². The van der Waals surface area contributed by atoms with Crippen LogP contribution >= 0.6 is 0 Å². The van der Waals surface area contributed by atoms with Crippen LogP contribution in [0.3, 0.4) is 0 Å². The zero-order valence-electron chi connectivity index (χ0n) is 13.8. The first kappa shape index (κ1) is 19.1.